The Bertz CT molecular complexity index is 352. The summed E-state index contributed by atoms with van der Waals surface area (Å²) in [5.41, 5.74) is 6.45. The molecule has 0 bridgehead atoms. The lowest BCUT2D eigenvalue weighted by Gasteiger charge is -2.23. The van der Waals surface area contributed by atoms with Crippen LogP contribution in [-0.4, -0.2) is 20.1 Å². The smallest absolute Gasteiger partial charge is 0.146 e. The molecule has 18 heavy (non-hydrogen) atoms. The van der Waals surface area contributed by atoms with Gasteiger partial charge < -0.3 is 10.6 Å². The SMILES string of the molecule is CC(C)CC(CN)CCN(C)c1ccccc1F. The zero-order valence-electron chi connectivity index (χ0n) is 11.7. The van der Waals surface area contributed by atoms with E-state index in [4.69, 9.17) is 5.73 Å². The van der Waals surface area contributed by atoms with E-state index in [-0.39, 0.29) is 5.82 Å². The lowest BCUT2D eigenvalue weighted by Crippen LogP contribution is -2.25. The number of rotatable bonds is 7. The van der Waals surface area contributed by atoms with Crippen LogP contribution in [-0.2, 0) is 0 Å². The van der Waals surface area contributed by atoms with Crippen LogP contribution >= 0.6 is 0 Å². The molecule has 0 saturated carbocycles. The quantitative estimate of drug-likeness (QED) is 0.807. The molecule has 0 heterocycles. The summed E-state index contributed by atoms with van der Waals surface area (Å²) in [7, 11) is 1.93. The topological polar surface area (TPSA) is 29.3 Å². The monoisotopic (exact) mass is 252 g/mol. The summed E-state index contributed by atoms with van der Waals surface area (Å²) in [6.45, 7) is 5.98. The molecular formula is C15H25FN2. The largest absolute Gasteiger partial charge is 0.372 e. The summed E-state index contributed by atoms with van der Waals surface area (Å²) in [4.78, 5) is 1.97. The first-order chi connectivity index (χ1) is 8.54. The molecule has 1 atom stereocenters. The highest BCUT2D eigenvalue weighted by Crippen LogP contribution is 2.20. The second-order valence-electron chi connectivity index (χ2n) is 5.39. The minimum Gasteiger partial charge on any atom is -0.372 e. The maximum Gasteiger partial charge on any atom is 0.146 e. The maximum atomic E-state index is 13.6. The Morgan fingerprint density at radius 1 is 1.28 bits per heavy atom. The summed E-state index contributed by atoms with van der Waals surface area (Å²) in [5, 5.41) is 0. The third kappa shape index (κ3) is 4.65. The van der Waals surface area contributed by atoms with E-state index in [0.717, 1.165) is 19.4 Å². The van der Waals surface area contributed by atoms with E-state index >= 15 is 0 Å². The van der Waals surface area contributed by atoms with Gasteiger partial charge in [0, 0.05) is 13.6 Å². The van der Waals surface area contributed by atoms with Gasteiger partial charge in [-0.05, 0) is 43.4 Å². The van der Waals surface area contributed by atoms with Gasteiger partial charge in [0.05, 0.1) is 5.69 Å². The minimum absolute atomic E-state index is 0.159. The van der Waals surface area contributed by atoms with Crippen molar-refractivity contribution in [2.24, 2.45) is 17.6 Å². The Hall–Kier alpha value is -1.09. The number of nitrogens with two attached hydrogens (primary N) is 1. The van der Waals surface area contributed by atoms with E-state index in [1.807, 2.05) is 24.1 Å². The second-order valence-corrected chi connectivity index (χ2v) is 5.39. The van der Waals surface area contributed by atoms with E-state index in [1.54, 1.807) is 6.07 Å². The summed E-state index contributed by atoms with van der Waals surface area (Å²) >= 11 is 0. The molecule has 102 valence electrons. The minimum atomic E-state index is -0.159. The predicted molar refractivity (Wildman–Crippen MR) is 76.3 cm³/mol. The number of hydrogen-bond acceptors (Lipinski definition) is 2. The van der Waals surface area contributed by atoms with Crippen LogP contribution in [0.3, 0.4) is 0 Å². The first-order valence-electron chi connectivity index (χ1n) is 6.70. The molecule has 1 unspecified atom stereocenters. The molecule has 1 rings (SSSR count). The normalized spacial score (nSPS) is 12.8. The van der Waals surface area contributed by atoms with Gasteiger partial charge in [0.1, 0.15) is 5.82 Å². The summed E-state index contributed by atoms with van der Waals surface area (Å²) in [5.74, 6) is 1.03. The first-order valence-corrected chi connectivity index (χ1v) is 6.70. The summed E-state index contributed by atoms with van der Waals surface area (Å²) in [6.07, 6.45) is 2.15. The molecule has 0 aliphatic heterocycles. The Morgan fingerprint density at radius 3 is 2.50 bits per heavy atom. The molecule has 1 aromatic carbocycles. The Balaban J connectivity index is 2.50. The Kier molecular flexibility index (Phi) is 6.13. The summed E-state index contributed by atoms with van der Waals surface area (Å²) < 4.78 is 13.6. The van der Waals surface area contributed by atoms with Gasteiger partial charge in [-0.2, -0.15) is 0 Å². The van der Waals surface area contributed by atoms with Crippen molar-refractivity contribution >= 4 is 5.69 Å². The van der Waals surface area contributed by atoms with E-state index in [0.29, 0.717) is 24.1 Å². The van der Waals surface area contributed by atoms with Crippen molar-refractivity contribution in [3.63, 3.8) is 0 Å². The standard InChI is InChI=1S/C15H25FN2/c1-12(2)10-13(11-17)8-9-18(3)15-7-5-4-6-14(15)16/h4-7,12-13H,8-11,17H2,1-3H3. The highest BCUT2D eigenvalue weighted by molar-refractivity contribution is 5.46. The second kappa shape index (κ2) is 7.37. The van der Waals surface area contributed by atoms with Gasteiger partial charge in [-0.1, -0.05) is 26.0 Å². The van der Waals surface area contributed by atoms with Gasteiger partial charge in [-0.3, -0.25) is 0 Å². The van der Waals surface area contributed by atoms with Crippen molar-refractivity contribution in [3.05, 3.63) is 30.1 Å². The van der Waals surface area contributed by atoms with Crippen LogP contribution in [0.2, 0.25) is 0 Å². The van der Waals surface area contributed by atoms with E-state index in [9.17, 15) is 4.39 Å². The van der Waals surface area contributed by atoms with Gasteiger partial charge in [0.25, 0.3) is 0 Å². The number of para-hydroxylation sites is 1. The maximum absolute atomic E-state index is 13.6. The van der Waals surface area contributed by atoms with Crippen LogP contribution in [0, 0.1) is 17.7 Å². The average Bonchev–Trinajstić information content (AvgIpc) is 2.34. The molecule has 2 nitrogen and oxygen atoms in total. The molecule has 1 aromatic rings. The number of halogens is 1. The Morgan fingerprint density at radius 2 is 1.94 bits per heavy atom. The van der Waals surface area contributed by atoms with Crippen molar-refractivity contribution in [3.8, 4) is 0 Å². The van der Waals surface area contributed by atoms with Gasteiger partial charge in [0.2, 0.25) is 0 Å². The lowest BCUT2D eigenvalue weighted by molar-refractivity contribution is 0.396. The van der Waals surface area contributed by atoms with Gasteiger partial charge >= 0.3 is 0 Å². The van der Waals surface area contributed by atoms with Crippen molar-refractivity contribution in [2.45, 2.75) is 26.7 Å². The average molecular weight is 252 g/mol. The molecule has 0 amide bonds. The van der Waals surface area contributed by atoms with E-state index in [2.05, 4.69) is 13.8 Å². The molecule has 0 spiro atoms. The van der Waals surface area contributed by atoms with E-state index < -0.39 is 0 Å². The first kappa shape index (κ1) is 15.0. The fourth-order valence-electron chi connectivity index (χ4n) is 2.26. The third-order valence-electron chi connectivity index (χ3n) is 3.27. The number of benzene rings is 1. The predicted octanol–water partition coefficient (Wildman–Crippen LogP) is 3.27. The molecule has 0 aromatic heterocycles. The van der Waals surface area contributed by atoms with Gasteiger partial charge in [0.15, 0.2) is 0 Å². The molecule has 0 saturated heterocycles. The van der Waals surface area contributed by atoms with Crippen LogP contribution in [0.25, 0.3) is 0 Å². The van der Waals surface area contributed by atoms with Crippen LogP contribution in [0.15, 0.2) is 24.3 Å². The fourth-order valence-corrected chi connectivity index (χ4v) is 2.26. The van der Waals surface area contributed by atoms with Crippen LogP contribution in [0.1, 0.15) is 26.7 Å². The van der Waals surface area contributed by atoms with Crippen molar-refractivity contribution in [1.29, 1.82) is 0 Å². The molecule has 2 N–H and O–H groups in total. The molecule has 0 fully saturated rings. The van der Waals surface area contributed by atoms with Crippen LogP contribution in [0.4, 0.5) is 10.1 Å². The highest BCUT2D eigenvalue weighted by Gasteiger charge is 2.12. The Labute approximate surface area is 110 Å². The molecule has 0 radical (unpaired) electrons. The molecule has 3 heteroatoms. The number of anilines is 1. The third-order valence-corrected chi connectivity index (χ3v) is 3.27. The molecule has 0 aliphatic carbocycles. The summed E-state index contributed by atoms with van der Waals surface area (Å²) in [6, 6.07) is 6.90. The van der Waals surface area contributed by atoms with Gasteiger partial charge in [-0.15, -0.1) is 0 Å². The van der Waals surface area contributed by atoms with Gasteiger partial charge in [-0.25, -0.2) is 4.39 Å². The number of nitrogens with zero attached hydrogens (tertiary/aromatic N) is 1. The molecular weight excluding hydrogens is 227 g/mol. The van der Waals surface area contributed by atoms with Crippen molar-refractivity contribution in [2.75, 3.05) is 25.0 Å². The van der Waals surface area contributed by atoms with E-state index in [1.165, 1.54) is 6.07 Å². The van der Waals surface area contributed by atoms with Crippen molar-refractivity contribution < 1.29 is 4.39 Å². The zero-order valence-corrected chi connectivity index (χ0v) is 11.7. The van der Waals surface area contributed by atoms with Crippen LogP contribution in [0.5, 0.6) is 0 Å². The highest BCUT2D eigenvalue weighted by atomic mass is 19.1. The lowest BCUT2D eigenvalue weighted by atomic mass is 9.94. The molecule has 0 aliphatic rings. The zero-order chi connectivity index (χ0) is 13.5. The van der Waals surface area contributed by atoms with Crippen LogP contribution < -0.4 is 10.6 Å². The number of hydrogen-bond donors (Lipinski definition) is 1. The van der Waals surface area contributed by atoms with Crippen molar-refractivity contribution in [1.82, 2.24) is 0 Å². The fraction of sp³-hybridized carbons (Fsp3) is 0.600.